The van der Waals surface area contributed by atoms with E-state index in [4.69, 9.17) is 9.26 Å². The van der Waals surface area contributed by atoms with Crippen LogP contribution in [0.3, 0.4) is 0 Å². The van der Waals surface area contributed by atoms with Gasteiger partial charge in [-0.3, -0.25) is 19.0 Å². The second kappa shape index (κ2) is 8.86. The lowest BCUT2D eigenvalue weighted by molar-refractivity contribution is -0.142. The Labute approximate surface area is 172 Å². The van der Waals surface area contributed by atoms with Crippen LogP contribution in [0, 0.1) is 26.6 Å². The molecule has 0 aliphatic rings. The number of ether oxygens (including phenoxy) is 1. The molecule has 0 unspecified atom stereocenters. The van der Waals surface area contributed by atoms with Crippen LogP contribution < -0.4 is 0 Å². The molecule has 0 aliphatic heterocycles. The molecule has 1 aromatic carbocycles. The highest BCUT2D eigenvalue weighted by Crippen LogP contribution is 2.21. The van der Waals surface area contributed by atoms with Crippen LogP contribution >= 0.6 is 0 Å². The zero-order chi connectivity index (χ0) is 21.8. The molecule has 0 atom stereocenters. The fraction of sp³-hybridized carbons (Fsp3) is 0.273. The molecule has 0 saturated heterocycles. The van der Waals surface area contributed by atoms with Crippen molar-refractivity contribution in [2.45, 2.75) is 33.6 Å². The SMILES string of the molecule is Cc1cc(-n2c(C)cc(C(=O)COC(=O)CCC(=O)c3ccc(F)cc3)c2C)no1. The lowest BCUT2D eigenvalue weighted by atomic mass is 10.1. The number of hydrogen-bond acceptors (Lipinski definition) is 6. The summed E-state index contributed by atoms with van der Waals surface area (Å²) >= 11 is 0. The third-order valence-electron chi connectivity index (χ3n) is 4.66. The second-order valence-corrected chi connectivity index (χ2v) is 6.93. The van der Waals surface area contributed by atoms with Crippen LogP contribution in [0.4, 0.5) is 4.39 Å². The molecule has 0 fully saturated rings. The van der Waals surface area contributed by atoms with Crippen molar-refractivity contribution in [1.29, 1.82) is 0 Å². The zero-order valence-electron chi connectivity index (χ0n) is 16.9. The van der Waals surface area contributed by atoms with E-state index in [9.17, 15) is 18.8 Å². The Morgan fingerprint density at radius 1 is 1.03 bits per heavy atom. The van der Waals surface area contributed by atoms with Crippen molar-refractivity contribution in [3.05, 3.63) is 70.5 Å². The number of rotatable bonds is 8. The fourth-order valence-corrected chi connectivity index (χ4v) is 3.15. The molecule has 30 heavy (non-hydrogen) atoms. The Bertz CT molecular complexity index is 1100. The molecule has 2 aromatic heterocycles. The summed E-state index contributed by atoms with van der Waals surface area (Å²) in [5, 5.41) is 3.96. The van der Waals surface area contributed by atoms with Crippen molar-refractivity contribution in [2.24, 2.45) is 0 Å². The molecule has 0 N–H and O–H groups in total. The summed E-state index contributed by atoms with van der Waals surface area (Å²) in [4.78, 5) is 36.5. The number of esters is 1. The van der Waals surface area contributed by atoms with E-state index < -0.39 is 18.4 Å². The van der Waals surface area contributed by atoms with Crippen molar-refractivity contribution >= 4 is 17.5 Å². The topological polar surface area (TPSA) is 91.4 Å². The van der Waals surface area contributed by atoms with Crippen molar-refractivity contribution in [1.82, 2.24) is 9.72 Å². The smallest absolute Gasteiger partial charge is 0.306 e. The summed E-state index contributed by atoms with van der Waals surface area (Å²) in [6, 6.07) is 8.54. The molecular formula is C22H21FN2O5. The van der Waals surface area contributed by atoms with E-state index in [0.717, 1.165) is 5.69 Å². The Hall–Kier alpha value is -3.55. The van der Waals surface area contributed by atoms with Crippen LogP contribution in [0.25, 0.3) is 5.82 Å². The average Bonchev–Trinajstić information content (AvgIpc) is 3.26. The molecule has 2 heterocycles. The molecule has 3 aromatic rings. The van der Waals surface area contributed by atoms with Crippen LogP contribution in [0.1, 0.15) is 50.7 Å². The second-order valence-electron chi connectivity index (χ2n) is 6.93. The largest absolute Gasteiger partial charge is 0.457 e. The van der Waals surface area contributed by atoms with Gasteiger partial charge in [-0.25, -0.2) is 4.39 Å². The minimum absolute atomic E-state index is 0.0846. The highest BCUT2D eigenvalue weighted by molar-refractivity contribution is 6.00. The van der Waals surface area contributed by atoms with Gasteiger partial charge in [-0.15, -0.1) is 0 Å². The van der Waals surface area contributed by atoms with Gasteiger partial charge in [0.25, 0.3) is 0 Å². The number of carbonyl (C=O) groups excluding carboxylic acids is 3. The first-order valence-corrected chi connectivity index (χ1v) is 9.36. The molecule has 156 valence electrons. The molecule has 8 heteroatoms. The van der Waals surface area contributed by atoms with Gasteiger partial charge in [-0.2, -0.15) is 0 Å². The van der Waals surface area contributed by atoms with E-state index in [-0.39, 0.29) is 24.4 Å². The maximum absolute atomic E-state index is 12.9. The van der Waals surface area contributed by atoms with Gasteiger partial charge in [0.1, 0.15) is 11.6 Å². The first-order valence-electron chi connectivity index (χ1n) is 9.36. The fourth-order valence-electron chi connectivity index (χ4n) is 3.15. The Kier molecular flexibility index (Phi) is 6.25. The minimum Gasteiger partial charge on any atom is -0.457 e. The number of hydrogen-bond donors (Lipinski definition) is 0. The quantitative estimate of drug-likeness (QED) is 0.411. The molecule has 0 aliphatic carbocycles. The van der Waals surface area contributed by atoms with Crippen molar-refractivity contribution < 1.29 is 28.0 Å². The third-order valence-corrected chi connectivity index (χ3v) is 4.66. The van der Waals surface area contributed by atoms with Crippen LogP contribution in [0.15, 0.2) is 40.9 Å². The maximum atomic E-state index is 12.9. The van der Waals surface area contributed by atoms with Gasteiger partial charge in [0.2, 0.25) is 5.78 Å². The molecule has 0 bridgehead atoms. The number of benzene rings is 1. The normalized spacial score (nSPS) is 10.8. The molecule has 0 amide bonds. The van der Waals surface area contributed by atoms with E-state index in [0.29, 0.717) is 28.4 Å². The van der Waals surface area contributed by atoms with E-state index in [1.54, 1.807) is 30.5 Å². The molecular weight excluding hydrogens is 391 g/mol. The van der Waals surface area contributed by atoms with Gasteiger partial charge in [-0.1, -0.05) is 5.16 Å². The standard InChI is InChI=1S/C22H21FN2O5/c1-13-10-18(15(3)25(13)21-11-14(2)30-24-21)20(27)12-29-22(28)9-8-19(26)16-4-6-17(23)7-5-16/h4-7,10-11H,8-9,12H2,1-3H3. The van der Waals surface area contributed by atoms with Gasteiger partial charge in [0.15, 0.2) is 18.2 Å². The van der Waals surface area contributed by atoms with Crippen LogP contribution in [-0.2, 0) is 9.53 Å². The van der Waals surface area contributed by atoms with Crippen LogP contribution in [-0.4, -0.2) is 33.9 Å². The van der Waals surface area contributed by atoms with Crippen molar-refractivity contribution in [3.63, 3.8) is 0 Å². The highest BCUT2D eigenvalue weighted by Gasteiger charge is 2.20. The average molecular weight is 412 g/mol. The first-order chi connectivity index (χ1) is 14.3. The van der Waals surface area contributed by atoms with E-state index in [2.05, 4.69) is 5.16 Å². The van der Waals surface area contributed by atoms with E-state index in [1.165, 1.54) is 24.3 Å². The van der Waals surface area contributed by atoms with Gasteiger partial charge in [0.05, 0.1) is 6.42 Å². The molecule has 7 nitrogen and oxygen atoms in total. The third kappa shape index (κ3) is 4.71. The van der Waals surface area contributed by atoms with Gasteiger partial charge < -0.3 is 9.26 Å². The Morgan fingerprint density at radius 3 is 2.37 bits per heavy atom. The molecule has 0 saturated carbocycles. The van der Waals surface area contributed by atoms with E-state index >= 15 is 0 Å². The molecule has 0 radical (unpaired) electrons. The number of aromatic nitrogens is 2. The van der Waals surface area contributed by atoms with Crippen LogP contribution in [0.2, 0.25) is 0 Å². The number of Topliss-reactive ketones (excluding diaryl/α,β-unsaturated/α-hetero) is 2. The first kappa shape index (κ1) is 21.2. The predicted molar refractivity (Wildman–Crippen MR) is 105 cm³/mol. The monoisotopic (exact) mass is 412 g/mol. The Morgan fingerprint density at radius 2 is 1.73 bits per heavy atom. The number of halogens is 1. The predicted octanol–water partition coefficient (Wildman–Crippen LogP) is 3.92. The molecule has 0 spiro atoms. The minimum atomic E-state index is -0.653. The number of aryl methyl sites for hydroxylation is 2. The Balaban J connectivity index is 1.56. The van der Waals surface area contributed by atoms with Crippen molar-refractivity contribution in [3.8, 4) is 5.82 Å². The van der Waals surface area contributed by atoms with Crippen LogP contribution in [0.5, 0.6) is 0 Å². The van der Waals surface area contributed by atoms with Gasteiger partial charge >= 0.3 is 5.97 Å². The lowest BCUT2D eigenvalue weighted by Crippen LogP contribution is -2.15. The maximum Gasteiger partial charge on any atom is 0.306 e. The summed E-state index contributed by atoms with van der Waals surface area (Å²) in [6.07, 6.45) is -0.251. The zero-order valence-corrected chi connectivity index (χ0v) is 16.9. The summed E-state index contributed by atoms with van der Waals surface area (Å²) in [6.45, 7) is 4.96. The van der Waals surface area contributed by atoms with E-state index in [1.807, 2.05) is 6.92 Å². The summed E-state index contributed by atoms with van der Waals surface area (Å²) < 4.78 is 24.8. The highest BCUT2D eigenvalue weighted by atomic mass is 19.1. The van der Waals surface area contributed by atoms with Gasteiger partial charge in [-0.05, 0) is 51.1 Å². The van der Waals surface area contributed by atoms with Crippen molar-refractivity contribution in [2.75, 3.05) is 6.61 Å². The summed E-state index contributed by atoms with van der Waals surface area (Å²) in [5.41, 5.74) is 2.19. The molecule has 3 rings (SSSR count). The number of nitrogens with zero attached hydrogens (tertiary/aromatic N) is 2. The van der Waals surface area contributed by atoms with Gasteiger partial charge in [0, 0.05) is 35.0 Å². The summed E-state index contributed by atoms with van der Waals surface area (Å²) in [7, 11) is 0. The number of ketones is 2. The number of carbonyl (C=O) groups is 3. The summed E-state index contributed by atoms with van der Waals surface area (Å²) in [5.74, 6) is -0.535. The lowest BCUT2D eigenvalue weighted by Gasteiger charge is -2.06.